The zero-order valence-electron chi connectivity index (χ0n) is 24.3. The highest BCUT2D eigenvalue weighted by molar-refractivity contribution is 9.10. The number of nitrogens with zero attached hydrogens (tertiary/aromatic N) is 1. The summed E-state index contributed by atoms with van der Waals surface area (Å²) in [5.74, 6) is -0.328. The van der Waals surface area contributed by atoms with E-state index in [0.29, 0.717) is 44.6 Å². The van der Waals surface area contributed by atoms with Crippen LogP contribution in [0, 0.1) is 0 Å². The van der Waals surface area contributed by atoms with Crippen molar-refractivity contribution in [3.05, 3.63) is 112 Å². The van der Waals surface area contributed by atoms with E-state index in [1.165, 1.54) is 29.8 Å². The number of fused-ring (bicyclic) bond motifs is 1. The molecule has 2 heterocycles. The number of hydrogen-bond donors (Lipinski definition) is 2. The summed E-state index contributed by atoms with van der Waals surface area (Å²) in [4.78, 5) is 54.6. The van der Waals surface area contributed by atoms with E-state index in [9.17, 15) is 19.2 Å². The first kappa shape index (κ1) is 30.9. The van der Waals surface area contributed by atoms with Crippen LogP contribution in [0.5, 0.6) is 17.2 Å². The molecule has 2 aliphatic heterocycles. The van der Waals surface area contributed by atoms with E-state index in [1.54, 1.807) is 91.0 Å². The highest BCUT2D eigenvalue weighted by Gasteiger charge is 2.40. The Morgan fingerprint density at radius 3 is 2.52 bits per heavy atom. The number of anilines is 2. The number of benzene rings is 4. The van der Waals surface area contributed by atoms with E-state index in [-0.39, 0.29) is 30.7 Å². The van der Waals surface area contributed by atoms with E-state index < -0.39 is 17.1 Å². The van der Waals surface area contributed by atoms with Crippen LogP contribution in [0.4, 0.5) is 11.4 Å². The van der Waals surface area contributed by atoms with Crippen LogP contribution in [-0.2, 0) is 14.4 Å². The normalized spacial score (nSPS) is 15.6. The van der Waals surface area contributed by atoms with Crippen molar-refractivity contribution in [2.45, 2.75) is 16.6 Å². The lowest BCUT2D eigenvalue weighted by molar-refractivity contribution is -0.121. The average Bonchev–Trinajstić information content (AvgIpc) is 3.64. The maximum absolute atomic E-state index is 13.6. The van der Waals surface area contributed by atoms with Crippen molar-refractivity contribution in [3.63, 3.8) is 0 Å². The molecule has 0 bridgehead atoms. The number of carbonyl (C=O) groups is 4. The number of thioether (sulfide) groups is 1. The largest absolute Gasteiger partial charge is 0.493 e. The minimum atomic E-state index is -0.622. The summed E-state index contributed by atoms with van der Waals surface area (Å²) in [5, 5.41) is 4.93. The molecule has 46 heavy (non-hydrogen) atoms. The molecule has 0 aliphatic carbocycles. The fourth-order valence-corrected chi connectivity index (χ4v) is 6.29. The smallest absolute Gasteiger partial charge is 0.272 e. The van der Waals surface area contributed by atoms with Gasteiger partial charge in [0.15, 0.2) is 11.5 Å². The zero-order valence-corrected chi connectivity index (χ0v) is 26.7. The van der Waals surface area contributed by atoms with E-state index in [2.05, 4.69) is 26.6 Å². The molecule has 6 rings (SSSR count). The minimum Gasteiger partial charge on any atom is -0.493 e. The van der Waals surface area contributed by atoms with Gasteiger partial charge in [-0.05, 0) is 78.4 Å². The number of halogens is 1. The van der Waals surface area contributed by atoms with Gasteiger partial charge in [0.25, 0.3) is 11.8 Å². The first-order valence-corrected chi connectivity index (χ1v) is 15.7. The fraction of sp³-hybridized carbons (Fsp3) is 0.118. The number of carbonyl (C=O) groups excluding carboxylic acids is 4. The maximum atomic E-state index is 13.6. The van der Waals surface area contributed by atoms with Gasteiger partial charge in [0, 0.05) is 27.0 Å². The highest BCUT2D eigenvalue weighted by atomic mass is 79.9. The number of nitrogens with one attached hydrogen (secondary N) is 2. The molecule has 1 atom stereocenters. The Morgan fingerprint density at radius 2 is 1.76 bits per heavy atom. The monoisotopic (exact) mass is 699 g/mol. The van der Waals surface area contributed by atoms with Gasteiger partial charge in [0.05, 0.1) is 18.0 Å². The lowest BCUT2D eigenvalue weighted by Gasteiger charge is -2.15. The SMILES string of the molecule is COc1cc(/C=C(\NC(=O)c2ccccc2)C(=O)Nc2cccc(SC3CC(=O)N(c4ccc(Br)cc4)C3=O)c2)cc2c1OCO2. The summed E-state index contributed by atoms with van der Waals surface area (Å²) in [6, 6.07) is 25.8. The summed E-state index contributed by atoms with van der Waals surface area (Å²) in [7, 11) is 1.49. The van der Waals surface area contributed by atoms with Crippen LogP contribution in [0.15, 0.2) is 106 Å². The molecule has 0 spiro atoms. The molecule has 4 aromatic carbocycles. The van der Waals surface area contributed by atoms with Crippen LogP contribution >= 0.6 is 27.7 Å². The molecule has 0 aromatic heterocycles. The van der Waals surface area contributed by atoms with Gasteiger partial charge in [0.2, 0.25) is 24.4 Å². The van der Waals surface area contributed by atoms with Gasteiger partial charge in [-0.1, -0.05) is 40.2 Å². The van der Waals surface area contributed by atoms with Crippen molar-refractivity contribution in [1.29, 1.82) is 0 Å². The molecule has 10 nitrogen and oxygen atoms in total. The topological polar surface area (TPSA) is 123 Å². The van der Waals surface area contributed by atoms with E-state index >= 15 is 0 Å². The van der Waals surface area contributed by atoms with Gasteiger partial charge < -0.3 is 24.8 Å². The summed E-state index contributed by atoms with van der Waals surface area (Å²) in [6.45, 7) is 0.0359. The Labute approximate surface area is 276 Å². The lowest BCUT2D eigenvalue weighted by atomic mass is 10.1. The van der Waals surface area contributed by atoms with Gasteiger partial charge >= 0.3 is 0 Å². The van der Waals surface area contributed by atoms with Gasteiger partial charge in [-0.2, -0.15) is 0 Å². The van der Waals surface area contributed by atoms with Crippen molar-refractivity contribution in [1.82, 2.24) is 5.32 Å². The van der Waals surface area contributed by atoms with Crippen LogP contribution in [0.1, 0.15) is 22.3 Å². The third kappa shape index (κ3) is 6.77. The van der Waals surface area contributed by atoms with Gasteiger partial charge in [0.1, 0.15) is 5.70 Å². The molecule has 4 aromatic rings. The Hall–Kier alpha value is -5.07. The Kier molecular flexibility index (Phi) is 9.08. The van der Waals surface area contributed by atoms with E-state index in [1.807, 2.05) is 0 Å². The van der Waals surface area contributed by atoms with Crippen molar-refractivity contribution in [2.24, 2.45) is 0 Å². The molecular weight excluding hydrogens is 674 g/mol. The molecule has 2 N–H and O–H groups in total. The number of ether oxygens (including phenoxy) is 3. The summed E-state index contributed by atoms with van der Waals surface area (Å²) in [5.41, 5.74) is 1.81. The predicted octanol–water partition coefficient (Wildman–Crippen LogP) is 6.02. The van der Waals surface area contributed by atoms with Crippen molar-refractivity contribution in [3.8, 4) is 17.2 Å². The minimum absolute atomic E-state index is 0.0328. The second-order valence-corrected chi connectivity index (χ2v) is 12.4. The maximum Gasteiger partial charge on any atom is 0.272 e. The molecule has 1 saturated heterocycles. The standard InChI is InChI=1S/C34H26BrN3O7S/c1-43-27-15-20(16-28-31(27)45-19-44-28)14-26(37-32(40)21-6-3-2-4-7-21)33(41)36-23-8-5-9-25(17-23)46-29-18-30(39)38(34(29)42)24-12-10-22(35)11-13-24/h2-17,29H,18-19H2,1H3,(H,36,41)(H,37,40)/b26-14-. The number of methoxy groups -OCH3 is 1. The fourth-order valence-electron chi connectivity index (χ4n) is 4.91. The molecule has 12 heteroatoms. The predicted molar refractivity (Wildman–Crippen MR) is 177 cm³/mol. The first-order valence-electron chi connectivity index (χ1n) is 14.1. The Morgan fingerprint density at radius 1 is 0.978 bits per heavy atom. The third-order valence-electron chi connectivity index (χ3n) is 7.08. The molecule has 232 valence electrons. The molecule has 0 radical (unpaired) electrons. The number of hydrogen-bond acceptors (Lipinski definition) is 8. The van der Waals surface area contributed by atoms with E-state index in [0.717, 1.165) is 4.47 Å². The molecule has 4 amide bonds. The number of amides is 4. The first-order chi connectivity index (χ1) is 22.3. The Balaban J connectivity index is 1.22. The van der Waals surface area contributed by atoms with Crippen LogP contribution < -0.4 is 29.7 Å². The van der Waals surface area contributed by atoms with Crippen molar-refractivity contribution in [2.75, 3.05) is 24.1 Å². The Bertz CT molecular complexity index is 1860. The highest BCUT2D eigenvalue weighted by Crippen LogP contribution is 2.42. The third-order valence-corrected chi connectivity index (χ3v) is 8.79. The average molecular weight is 701 g/mol. The summed E-state index contributed by atoms with van der Waals surface area (Å²) in [6.07, 6.45) is 1.56. The number of rotatable bonds is 9. The quantitative estimate of drug-likeness (QED) is 0.161. The molecular formula is C34H26BrN3O7S. The second-order valence-electron chi connectivity index (χ2n) is 10.2. The second kappa shape index (κ2) is 13.5. The molecule has 1 fully saturated rings. The molecule has 2 aliphatic rings. The van der Waals surface area contributed by atoms with Crippen molar-refractivity contribution >= 4 is 68.8 Å². The summed E-state index contributed by atoms with van der Waals surface area (Å²) >= 11 is 4.61. The molecule has 1 unspecified atom stereocenters. The zero-order chi connectivity index (χ0) is 32.2. The van der Waals surface area contributed by atoms with Gasteiger partial charge in [-0.15, -0.1) is 11.8 Å². The van der Waals surface area contributed by atoms with Gasteiger partial charge in [-0.3, -0.25) is 19.2 Å². The van der Waals surface area contributed by atoms with Gasteiger partial charge in [-0.25, -0.2) is 4.90 Å². The summed E-state index contributed by atoms with van der Waals surface area (Å²) < 4.78 is 17.3. The number of imide groups is 1. The van der Waals surface area contributed by atoms with Crippen LogP contribution in [0.25, 0.3) is 6.08 Å². The molecule has 0 saturated carbocycles. The van der Waals surface area contributed by atoms with Crippen LogP contribution in [0.2, 0.25) is 0 Å². The lowest BCUT2D eigenvalue weighted by Crippen LogP contribution is -2.31. The van der Waals surface area contributed by atoms with Crippen LogP contribution in [-0.4, -0.2) is 42.8 Å². The van der Waals surface area contributed by atoms with E-state index in [4.69, 9.17) is 14.2 Å². The van der Waals surface area contributed by atoms with Crippen LogP contribution in [0.3, 0.4) is 0 Å². The van der Waals surface area contributed by atoms with Crippen molar-refractivity contribution < 1.29 is 33.4 Å².